The fraction of sp³-hybridized carbons (Fsp3) is 1.00. The van der Waals surface area contributed by atoms with Gasteiger partial charge in [-0.15, -0.1) is 0 Å². The first-order valence-electron chi connectivity index (χ1n) is 18.6. The zero-order valence-electron chi connectivity index (χ0n) is 27.5. The molecule has 0 aromatic rings. The summed E-state index contributed by atoms with van der Waals surface area (Å²) in [5.41, 5.74) is -0.438. The standard InChI is InChI=1S/C37H74O4/c38-32-28-36(29-33-39)26-24-22-20-18-16-14-12-10-8-6-4-2-1-3-5-7-9-11-13-15-17-19-21-23-25-27-37(36,30-34-40)31-35-41/h38-41H,1-35H2. The van der Waals surface area contributed by atoms with E-state index in [1.807, 2.05) is 0 Å². The molecule has 0 saturated heterocycles. The van der Waals surface area contributed by atoms with Gasteiger partial charge in [0.05, 0.1) is 0 Å². The number of rotatable bonds is 8. The molecule has 0 aliphatic heterocycles. The van der Waals surface area contributed by atoms with Gasteiger partial charge in [-0.1, -0.05) is 161 Å². The van der Waals surface area contributed by atoms with Crippen molar-refractivity contribution in [3.8, 4) is 0 Å². The predicted molar refractivity (Wildman–Crippen MR) is 176 cm³/mol. The Kier molecular flexibility index (Phi) is 26.0. The molecule has 1 aliphatic carbocycles. The molecule has 1 saturated carbocycles. The third-order valence-corrected chi connectivity index (χ3v) is 10.8. The van der Waals surface area contributed by atoms with Crippen molar-refractivity contribution >= 4 is 0 Å². The summed E-state index contributed by atoms with van der Waals surface area (Å²) < 4.78 is 0. The number of hydrogen-bond donors (Lipinski definition) is 4. The van der Waals surface area contributed by atoms with Crippen LogP contribution in [-0.2, 0) is 0 Å². The van der Waals surface area contributed by atoms with Crippen molar-refractivity contribution in [3.63, 3.8) is 0 Å². The minimum atomic E-state index is -0.219. The van der Waals surface area contributed by atoms with Gasteiger partial charge in [0.2, 0.25) is 0 Å². The molecule has 0 atom stereocenters. The van der Waals surface area contributed by atoms with Crippen molar-refractivity contribution in [1.29, 1.82) is 0 Å². The minimum Gasteiger partial charge on any atom is -0.396 e. The van der Waals surface area contributed by atoms with Crippen LogP contribution in [0.5, 0.6) is 0 Å². The molecule has 0 amide bonds. The van der Waals surface area contributed by atoms with E-state index in [-0.39, 0.29) is 37.3 Å². The molecule has 0 radical (unpaired) electrons. The van der Waals surface area contributed by atoms with E-state index in [2.05, 4.69) is 0 Å². The molecular weight excluding hydrogens is 508 g/mol. The first-order valence-corrected chi connectivity index (χ1v) is 18.6. The molecule has 4 N–H and O–H groups in total. The van der Waals surface area contributed by atoms with Gasteiger partial charge in [0, 0.05) is 26.4 Å². The lowest BCUT2D eigenvalue weighted by atomic mass is 9.53. The molecule has 4 heteroatoms. The maximum Gasteiger partial charge on any atom is 0.0436 e. The van der Waals surface area contributed by atoms with Gasteiger partial charge in [0.15, 0.2) is 0 Å². The molecule has 1 fully saturated rings. The Labute approximate surface area is 256 Å². The molecule has 0 aromatic heterocycles. The molecule has 1 aliphatic rings. The van der Waals surface area contributed by atoms with Crippen LogP contribution in [0.2, 0.25) is 0 Å². The molecule has 0 spiro atoms. The first-order chi connectivity index (χ1) is 20.2. The summed E-state index contributed by atoms with van der Waals surface area (Å²) in [4.78, 5) is 0. The summed E-state index contributed by atoms with van der Waals surface area (Å²) in [6.07, 6.45) is 38.3. The Hall–Kier alpha value is -0.160. The van der Waals surface area contributed by atoms with E-state index in [1.165, 1.54) is 148 Å². The highest BCUT2D eigenvalue weighted by molar-refractivity contribution is 4.98. The molecule has 0 heterocycles. The molecule has 4 nitrogen and oxygen atoms in total. The van der Waals surface area contributed by atoms with Gasteiger partial charge in [-0.05, 0) is 49.4 Å². The van der Waals surface area contributed by atoms with Crippen molar-refractivity contribution < 1.29 is 20.4 Å². The average molecular weight is 583 g/mol. The number of aliphatic hydroxyl groups is 4. The maximum absolute atomic E-state index is 10.2. The van der Waals surface area contributed by atoms with E-state index in [0.717, 1.165) is 25.7 Å². The highest BCUT2D eigenvalue weighted by atomic mass is 16.3. The first kappa shape index (κ1) is 38.9. The monoisotopic (exact) mass is 583 g/mol. The Balaban J connectivity index is 2.75. The molecular formula is C37H74O4. The van der Waals surface area contributed by atoms with E-state index in [1.54, 1.807) is 0 Å². The van der Waals surface area contributed by atoms with Gasteiger partial charge in [0.25, 0.3) is 0 Å². The van der Waals surface area contributed by atoms with Crippen molar-refractivity contribution in [2.24, 2.45) is 10.8 Å². The lowest BCUT2D eigenvalue weighted by molar-refractivity contribution is -0.0601. The molecule has 0 bridgehead atoms. The van der Waals surface area contributed by atoms with Crippen LogP contribution in [0, 0.1) is 10.8 Å². The Morgan fingerprint density at radius 3 is 0.537 bits per heavy atom. The smallest absolute Gasteiger partial charge is 0.0436 e. The van der Waals surface area contributed by atoms with E-state index in [4.69, 9.17) is 0 Å². The molecule has 0 aromatic carbocycles. The highest BCUT2D eigenvalue weighted by Crippen LogP contribution is 2.56. The Bertz CT molecular complexity index is 479. The van der Waals surface area contributed by atoms with Gasteiger partial charge in [-0.2, -0.15) is 0 Å². The van der Waals surface area contributed by atoms with Gasteiger partial charge >= 0.3 is 0 Å². The second kappa shape index (κ2) is 27.4. The van der Waals surface area contributed by atoms with Crippen LogP contribution in [0.25, 0.3) is 0 Å². The van der Waals surface area contributed by atoms with Crippen LogP contribution in [-0.4, -0.2) is 46.9 Å². The van der Waals surface area contributed by atoms with E-state index < -0.39 is 0 Å². The minimum absolute atomic E-state index is 0.110. The van der Waals surface area contributed by atoms with Gasteiger partial charge in [-0.25, -0.2) is 0 Å². The van der Waals surface area contributed by atoms with Crippen molar-refractivity contribution in [3.05, 3.63) is 0 Å². The second-order valence-electron chi connectivity index (χ2n) is 13.8. The summed E-state index contributed by atoms with van der Waals surface area (Å²) in [5.74, 6) is 0. The summed E-state index contributed by atoms with van der Waals surface area (Å²) in [6.45, 7) is 0.439. The average Bonchev–Trinajstić information content (AvgIpc) is 2.96. The van der Waals surface area contributed by atoms with Gasteiger partial charge in [-0.3, -0.25) is 0 Å². The van der Waals surface area contributed by atoms with Crippen LogP contribution in [0.4, 0.5) is 0 Å². The number of hydrogen-bond acceptors (Lipinski definition) is 4. The highest BCUT2D eigenvalue weighted by Gasteiger charge is 2.48. The third-order valence-electron chi connectivity index (χ3n) is 10.8. The molecule has 41 heavy (non-hydrogen) atoms. The lowest BCUT2D eigenvalue weighted by Gasteiger charge is -2.52. The van der Waals surface area contributed by atoms with E-state index in [9.17, 15) is 20.4 Å². The fourth-order valence-electron chi connectivity index (χ4n) is 8.19. The molecule has 246 valence electrons. The lowest BCUT2D eigenvalue weighted by Crippen LogP contribution is -2.45. The van der Waals surface area contributed by atoms with Gasteiger partial charge < -0.3 is 20.4 Å². The van der Waals surface area contributed by atoms with Crippen molar-refractivity contribution in [2.45, 2.75) is 199 Å². The van der Waals surface area contributed by atoms with Crippen LogP contribution < -0.4 is 0 Å². The van der Waals surface area contributed by atoms with Crippen molar-refractivity contribution in [2.75, 3.05) is 26.4 Å². The van der Waals surface area contributed by atoms with Crippen molar-refractivity contribution in [1.82, 2.24) is 0 Å². The van der Waals surface area contributed by atoms with Crippen LogP contribution in [0.1, 0.15) is 199 Å². The molecule has 1 rings (SSSR count). The zero-order valence-corrected chi connectivity index (χ0v) is 27.5. The summed E-state index contributed by atoms with van der Waals surface area (Å²) in [7, 11) is 0. The third kappa shape index (κ3) is 17.7. The SMILES string of the molecule is OCCC1(CCO)CCCCCCCCCCCCCCCCCCCCCCCCCCCC1(CCO)CCO. The summed E-state index contributed by atoms with van der Waals surface area (Å²) in [5, 5.41) is 40.7. The number of aliphatic hydroxyl groups excluding tert-OH is 4. The predicted octanol–water partition coefficient (Wildman–Crippen LogP) is 10.0. The fourth-order valence-corrected chi connectivity index (χ4v) is 8.19. The Morgan fingerprint density at radius 1 is 0.244 bits per heavy atom. The van der Waals surface area contributed by atoms with Gasteiger partial charge in [0.1, 0.15) is 0 Å². The van der Waals surface area contributed by atoms with Crippen LogP contribution in [0.15, 0.2) is 0 Å². The second-order valence-corrected chi connectivity index (χ2v) is 13.8. The van der Waals surface area contributed by atoms with Crippen LogP contribution in [0.3, 0.4) is 0 Å². The largest absolute Gasteiger partial charge is 0.396 e. The summed E-state index contributed by atoms with van der Waals surface area (Å²) >= 11 is 0. The topological polar surface area (TPSA) is 80.9 Å². The normalized spacial score (nSPS) is 23.1. The van der Waals surface area contributed by atoms with E-state index >= 15 is 0 Å². The Morgan fingerprint density at radius 2 is 0.390 bits per heavy atom. The van der Waals surface area contributed by atoms with Crippen LogP contribution >= 0.6 is 0 Å². The zero-order chi connectivity index (χ0) is 29.7. The van der Waals surface area contributed by atoms with E-state index in [0.29, 0.717) is 25.7 Å². The maximum atomic E-state index is 10.2. The quantitative estimate of drug-likeness (QED) is 0.229. The summed E-state index contributed by atoms with van der Waals surface area (Å²) in [6, 6.07) is 0. The molecule has 0 unspecified atom stereocenters.